The average Bonchev–Trinajstić information content (AvgIpc) is 3.00. The lowest BCUT2D eigenvalue weighted by Gasteiger charge is -2.12. The van der Waals surface area contributed by atoms with Crippen LogP contribution in [0.25, 0.3) is 44.6 Å². The highest BCUT2D eigenvalue weighted by atomic mass is 14.7. The summed E-state index contributed by atoms with van der Waals surface area (Å²) in [6.07, 6.45) is 11.1. The molecule has 0 radical (unpaired) electrons. The van der Waals surface area contributed by atoms with Crippen molar-refractivity contribution in [3.63, 3.8) is 0 Å². The van der Waals surface area contributed by atoms with Crippen LogP contribution in [0.3, 0.4) is 0 Å². The first-order chi connectivity index (χ1) is 18.8. The number of rotatable bonds is 11. The molecule has 1 aromatic heterocycles. The van der Waals surface area contributed by atoms with Gasteiger partial charge in [-0.15, -0.1) is 0 Å². The van der Waals surface area contributed by atoms with Crippen LogP contribution in [-0.2, 0) is 6.42 Å². The van der Waals surface area contributed by atoms with Crippen LogP contribution in [0.4, 0.5) is 0 Å². The molecule has 0 saturated heterocycles. The third kappa shape index (κ3) is 6.66. The molecule has 4 aromatic carbocycles. The summed E-state index contributed by atoms with van der Waals surface area (Å²) < 4.78 is 0. The molecule has 0 saturated carbocycles. The minimum absolute atomic E-state index is 1.03. The average molecular weight is 496 g/mol. The third-order valence-corrected chi connectivity index (χ3v) is 7.28. The van der Waals surface area contributed by atoms with Gasteiger partial charge in [0.1, 0.15) is 0 Å². The van der Waals surface area contributed by atoms with E-state index in [9.17, 15) is 0 Å². The zero-order valence-electron chi connectivity index (χ0n) is 22.4. The summed E-state index contributed by atoms with van der Waals surface area (Å²) in [6.45, 7) is 2.27. The summed E-state index contributed by atoms with van der Waals surface area (Å²) in [6, 6.07) is 41.4. The molecule has 1 heteroatoms. The maximum Gasteiger partial charge on any atom is 0.0702 e. The molecule has 0 N–H and O–H groups in total. The van der Waals surface area contributed by atoms with E-state index in [4.69, 9.17) is 4.98 Å². The zero-order valence-corrected chi connectivity index (χ0v) is 22.4. The quantitative estimate of drug-likeness (QED) is 0.166. The second kappa shape index (κ2) is 13.0. The first kappa shape index (κ1) is 25.7. The summed E-state index contributed by atoms with van der Waals surface area (Å²) in [5, 5.41) is 0. The van der Waals surface area contributed by atoms with Gasteiger partial charge >= 0.3 is 0 Å². The molecular weight excluding hydrogens is 458 g/mol. The molecule has 0 atom stereocenters. The van der Waals surface area contributed by atoms with Crippen LogP contribution in [0.2, 0.25) is 0 Å². The second-order valence-corrected chi connectivity index (χ2v) is 10.2. The van der Waals surface area contributed by atoms with E-state index < -0.39 is 0 Å². The molecule has 0 aliphatic heterocycles. The number of aryl methyl sites for hydroxylation is 1. The molecule has 0 aliphatic carbocycles. The Kier molecular flexibility index (Phi) is 8.79. The van der Waals surface area contributed by atoms with Crippen molar-refractivity contribution in [1.82, 2.24) is 4.98 Å². The van der Waals surface area contributed by atoms with Crippen LogP contribution in [0, 0.1) is 0 Å². The van der Waals surface area contributed by atoms with Gasteiger partial charge < -0.3 is 0 Å². The molecule has 0 amide bonds. The molecule has 0 unspecified atom stereocenters. The van der Waals surface area contributed by atoms with Gasteiger partial charge in [-0.1, -0.05) is 124 Å². The van der Waals surface area contributed by atoms with E-state index in [1.54, 1.807) is 0 Å². The number of aromatic nitrogens is 1. The van der Waals surface area contributed by atoms with Gasteiger partial charge in [-0.2, -0.15) is 0 Å². The maximum atomic E-state index is 4.84. The number of benzene rings is 4. The fraction of sp³-hybridized carbons (Fsp3) is 0.216. The SMILES string of the molecule is CCCCCCCCc1ccc(-c2cccc(-c3cc(-c4ccccc4)cc(-c4ccccc4)c3)c2)nc1. The highest BCUT2D eigenvalue weighted by molar-refractivity contribution is 5.82. The fourth-order valence-corrected chi connectivity index (χ4v) is 5.10. The van der Waals surface area contributed by atoms with Crippen LogP contribution in [0.15, 0.2) is 121 Å². The summed E-state index contributed by atoms with van der Waals surface area (Å²) in [5.41, 5.74) is 10.8. The van der Waals surface area contributed by atoms with Crippen molar-refractivity contribution in [3.05, 3.63) is 127 Å². The number of pyridine rings is 1. The Hall–Kier alpha value is -3.97. The van der Waals surface area contributed by atoms with Crippen molar-refractivity contribution in [2.24, 2.45) is 0 Å². The molecule has 5 aromatic rings. The van der Waals surface area contributed by atoms with Crippen molar-refractivity contribution >= 4 is 0 Å². The first-order valence-electron chi connectivity index (χ1n) is 14.1. The smallest absolute Gasteiger partial charge is 0.0702 e. The van der Waals surface area contributed by atoms with Crippen molar-refractivity contribution < 1.29 is 0 Å². The van der Waals surface area contributed by atoms with E-state index in [0.717, 1.165) is 17.7 Å². The standard InChI is InChI=1S/C37H37N/c1-2-3-4-5-6-9-15-29-22-23-37(38-28-29)33-21-14-20-32(24-33)36-26-34(30-16-10-7-11-17-30)25-35(27-36)31-18-12-8-13-19-31/h7-8,10-14,16-28H,2-6,9,15H2,1H3. The predicted octanol–water partition coefficient (Wildman–Crippen LogP) is 10.7. The topological polar surface area (TPSA) is 12.9 Å². The van der Waals surface area contributed by atoms with Crippen LogP contribution in [-0.4, -0.2) is 4.98 Å². The Bertz CT molecular complexity index is 1360. The lowest BCUT2D eigenvalue weighted by atomic mass is 9.92. The van der Waals surface area contributed by atoms with Crippen molar-refractivity contribution in [1.29, 1.82) is 0 Å². The maximum absolute atomic E-state index is 4.84. The molecule has 0 fully saturated rings. The summed E-state index contributed by atoms with van der Waals surface area (Å²) in [5.74, 6) is 0. The Morgan fingerprint density at radius 2 is 0.974 bits per heavy atom. The fourth-order valence-electron chi connectivity index (χ4n) is 5.10. The van der Waals surface area contributed by atoms with Crippen molar-refractivity contribution in [2.45, 2.75) is 51.9 Å². The second-order valence-electron chi connectivity index (χ2n) is 10.2. The molecule has 38 heavy (non-hydrogen) atoms. The molecular formula is C37H37N. The summed E-state index contributed by atoms with van der Waals surface area (Å²) >= 11 is 0. The molecule has 0 spiro atoms. The van der Waals surface area contributed by atoms with E-state index in [-0.39, 0.29) is 0 Å². The zero-order chi connectivity index (χ0) is 26.0. The minimum atomic E-state index is 1.03. The van der Waals surface area contributed by atoms with Crippen molar-refractivity contribution in [2.75, 3.05) is 0 Å². The molecule has 1 nitrogen and oxygen atoms in total. The van der Waals surface area contributed by atoms with Gasteiger partial charge in [0.25, 0.3) is 0 Å². The Labute approximate surface area is 228 Å². The molecule has 190 valence electrons. The lowest BCUT2D eigenvalue weighted by molar-refractivity contribution is 0.607. The van der Waals surface area contributed by atoms with Crippen LogP contribution in [0.1, 0.15) is 51.0 Å². The lowest BCUT2D eigenvalue weighted by Crippen LogP contribution is -1.91. The monoisotopic (exact) mass is 495 g/mol. The van der Waals surface area contributed by atoms with Gasteiger partial charge in [-0.25, -0.2) is 0 Å². The third-order valence-electron chi connectivity index (χ3n) is 7.28. The predicted molar refractivity (Wildman–Crippen MR) is 163 cm³/mol. The highest BCUT2D eigenvalue weighted by Crippen LogP contribution is 2.34. The largest absolute Gasteiger partial charge is 0.256 e. The van der Waals surface area contributed by atoms with Crippen molar-refractivity contribution in [3.8, 4) is 44.6 Å². The van der Waals surface area contributed by atoms with Crippen LogP contribution >= 0.6 is 0 Å². The normalized spacial score (nSPS) is 11.0. The van der Waals surface area contributed by atoms with E-state index in [1.807, 2.05) is 0 Å². The van der Waals surface area contributed by atoms with Gasteiger partial charge in [-0.05, 0) is 82.1 Å². The van der Waals surface area contributed by atoms with Gasteiger partial charge in [0, 0.05) is 11.8 Å². The highest BCUT2D eigenvalue weighted by Gasteiger charge is 2.09. The number of unbranched alkanes of at least 4 members (excludes halogenated alkanes) is 5. The van der Waals surface area contributed by atoms with E-state index in [1.165, 1.54) is 77.5 Å². The van der Waals surface area contributed by atoms with E-state index in [2.05, 4.69) is 128 Å². The van der Waals surface area contributed by atoms with Crippen LogP contribution < -0.4 is 0 Å². The summed E-state index contributed by atoms with van der Waals surface area (Å²) in [7, 11) is 0. The number of hydrogen-bond donors (Lipinski definition) is 0. The molecule has 5 rings (SSSR count). The van der Waals surface area contributed by atoms with Crippen LogP contribution in [0.5, 0.6) is 0 Å². The van der Waals surface area contributed by atoms with Gasteiger partial charge in [0.05, 0.1) is 5.69 Å². The van der Waals surface area contributed by atoms with Gasteiger partial charge in [0.15, 0.2) is 0 Å². The Morgan fingerprint density at radius 1 is 0.447 bits per heavy atom. The Balaban J connectivity index is 1.39. The van der Waals surface area contributed by atoms with E-state index >= 15 is 0 Å². The number of nitrogens with zero attached hydrogens (tertiary/aromatic N) is 1. The summed E-state index contributed by atoms with van der Waals surface area (Å²) in [4.78, 5) is 4.84. The van der Waals surface area contributed by atoms with Gasteiger partial charge in [0.2, 0.25) is 0 Å². The number of hydrogen-bond acceptors (Lipinski definition) is 1. The minimum Gasteiger partial charge on any atom is -0.256 e. The molecule has 0 aliphatic rings. The van der Waals surface area contributed by atoms with Gasteiger partial charge in [-0.3, -0.25) is 4.98 Å². The van der Waals surface area contributed by atoms with E-state index in [0.29, 0.717) is 0 Å². The Morgan fingerprint density at radius 3 is 1.58 bits per heavy atom. The molecule has 1 heterocycles. The first-order valence-corrected chi connectivity index (χ1v) is 14.1. The molecule has 0 bridgehead atoms.